The number of nitrogens with zero attached hydrogens (tertiary/aromatic N) is 1. The van der Waals surface area contributed by atoms with Crippen LogP contribution in [0.3, 0.4) is 0 Å². The third kappa shape index (κ3) is 2.01. The molecule has 0 heterocycles. The van der Waals surface area contributed by atoms with E-state index in [-0.39, 0.29) is 17.7 Å². The Hall–Kier alpha value is -1.95. The summed E-state index contributed by atoms with van der Waals surface area (Å²) in [6.07, 6.45) is 0.0590. The highest BCUT2D eigenvalue weighted by Gasteiger charge is 2.34. The second-order valence-electron chi connectivity index (χ2n) is 3.39. The molecule has 1 aromatic rings. The number of nitro groups is 1. The molecule has 0 fully saturated rings. The Kier molecular flexibility index (Phi) is 3.24. The molecule has 0 spiro atoms. The fraction of sp³-hybridized carbons (Fsp3) is 0.300. The molecule has 6 heteroatoms. The van der Waals surface area contributed by atoms with Crippen molar-refractivity contribution in [2.24, 2.45) is 5.73 Å². The number of aliphatic hydroxyl groups is 1. The summed E-state index contributed by atoms with van der Waals surface area (Å²) in [6.45, 7) is 1.57. The molecule has 3 N–H and O–H groups in total. The van der Waals surface area contributed by atoms with Crippen molar-refractivity contribution in [3.8, 4) is 0 Å². The smallest absolute Gasteiger partial charge is 0.269 e. The van der Waals surface area contributed by atoms with Gasteiger partial charge in [-0.05, 0) is 12.0 Å². The largest absolute Gasteiger partial charge is 0.375 e. The molecule has 1 aromatic carbocycles. The van der Waals surface area contributed by atoms with Gasteiger partial charge in [0.05, 0.1) is 4.92 Å². The standard InChI is InChI=1S/C10H12N2O4/c1-2-10(14,9(11)13)7-4-3-5-8(6-7)12(15)16/h3-6,14H,2H2,1H3,(H2,11,13). The molecular weight excluding hydrogens is 212 g/mol. The summed E-state index contributed by atoms with van der Waals surface area (Å²) in [5.74, 6) is -0.921. The van der Waals surface area contributed by atoms with Crippen molar-refractivity contribution in [2.75, 3.05) is 0 Å². The Morgan fingerprint density at radius 2 is 2.25 bits per heavy atom. The molecule has 1 atom stereocenters. The van der Waals surface area contributed by atoms with Crippen molar-refractivity contribution in [1.82, 2.24) is 0 Å². The summed E-state index contributed by atoms with van der Waals surface area (Å²) < 4.78 is 0. The highest BCUT2D eigenvalue weighted by Crippen LogP contribution is 2.27. The van der Waals surface area contributed by atoms with E-state index in [2.05, 4.69) is 0 Å². The molecule has 0 aliphatic heterocycles. The van der Waals surface area contributed by atoms with Crippen molar-refractivity contribution >= 4 is 11.6 Å². The number of primary amides is 1. The molecule has 0 aliphatic carbocycles. The maximum Gasteiger partial charge on any atom is 0.269 e. The van der Waals surface area contributed by atoms with Crippen LogP contribution >= 0.6 is 0 Å². The van der Waals surface area contributed by atoms with Crippen LogP contribution in [0.25, 0.3) is 0 Å². The molecule has 6 nitrogen and oxygen atoms in total. The predicted octanol–water partition coefficient (Wildman–Crippen LogP) is 0.678. The van der Waals surface area contributed by atoms with Crippen molar-refractivity contribution < 1.29 is 14.8 Å². The summed E-state index contributed by atoms with van der Waals surface area (Å²) in [5.41, 5.74) is 3.17. The zero-order chi connectivity index (χ0) is 12.3. The maximum absolute atomic E-state index is 11.1. The van der Waals surface area contributed by atoms with Crippen LogP contribution in [-0.4, -0.2) is 15.9 Å². The Morgan fingerprint density at radius 3 is 2.69 bits per heavy atom. The van der Waals surface area contributed by atoms with Gasteiger partial charge in [-0.25, -0.2) is 0 Å². The molecule has 16 heavy (non-hydrogen) atoms. The van der Waals surface area contributed by atoms with Crippen LogP contribution in [0, 0.1) is 10.1 Å². The molecule has 0 bridgehead atoms. The van der Waals surface area contributed by atoms with E-state index in [1.54, 1.807) is 6.92 Å². The number of nitrogens with two attached hydrogens (primary N) is 1. The lowest BCUT2D eigenvalue weighted by molar-refractivity contribution is -0.385. The minimum absolute atomic E-state index is 0.0590. The van der Waals surface area contributed by atoms with E-state index >= 15 is 0 Å². The van der Waals surface area contributed by atoms with Gasteiger partial charge in [-0.2, -0.15) is 0 Å². The molecular formula is C10H12N2O4. The first-order valence-corrected chi connectivity index (χ1v) is 4.69. The van der Waals surface area contributed by atoms with Gasteiger partial charge >= 0.3 is 0 Å². The van der Waals surface area contributed by atoms with Crippen LogP contribution in [0.5, 0.6) is 0 Å². The molecule has 0 saturated carbocycles. The van der Waals surface area contributed by atoms with E-state index in [1.807, 2.05) is 0 Å². The number of carbonyl (C=O) groups is 1. The van der Waals surface area contributed by atoms with Gasteiger partial charge in [0.15, 0.2) is 5.60 Å². The number of amides is 1. The summed E-state index contributed by atoms with van der Waals surface area (Å²) in [6, 6.07) is 5.26. The van der Waals surface area contributed by atoms with Crippen molar-refractivity contribution in [1.29, 1.82) is 0 Å². The number of carbonyl (C=O) groups excluding carboxylic acids is 1. The Morgan fingerprint density at radius 1 is 1.62 bits per heavy atom. The van der Waals surface area contributed by atoms with Crippen LogP contribution in [0.2, 0.25) is 0 Å². The average Bonchev–Trinajstić information content (AvgIpc) is 2.27. The third-order valence-corrected chi connectivity index (χ3v) is 2.45. The van der Waals surface area contributed by atoms with Gasteiger partial charge < -0.3 is 10.8 Å². The van der Waals surface area contributed by atoms with Gasteiger partial charge in [0.2, 0.25) is 0 Å². The lowest BCUT2D eigenvalue weighted by Gasteiger charge is -2.22. The molecule has 0 radical (unpaired) electrons. The molecule has 1 rings (SSSR count). The third-order valence-electron chi connectivity index (χ3n) is 2.45. The van der Waals surface area contributed by atoms with Gasteiger partial charge in [-0.3, -0.25) is 14.9 Å². The molecule has 0 aromatic heterocycles. The minimum Gasteiger partial charge on any atom is -0.375 e. The molecule has 0 aliphatic rings. The van der Waals surface area contributed by atoms with E-state index in [9.17, 15) is 20.0 Å². The summed E-state index contributed by atoms with van der Waals surface area (Å²) in [5, 5.41) is 20.5. The number of hydrogen-bond donors (Lipinski definition) is 2. The quantitative estimate of drug-likeness (QED) is 0.579. The zero-order valence-corrected chi connectivity index (χ0v) is 8.71. The number of nitro benzene ring substituents is 1. The SMILES string of the molecule is CCC(O)(C(N)=O)c1cccc([N+](=O)[O-])c1. The fourth-order valence-electron chi connectivity index (χ4n) is 1.40. The van der Waals surface area contributed by atoms with Crippen LogP contribution in [0.4, 0.5) is 5.69 Å². The van der Waals surface area contributed by atoms with Gasteiger partial charge in [0.25, 0.3) is 11.6 Å². The van der Waals surface area contributed by atoms with Crippen LogP contribution in [0.15, 0.2) is 24.3 Å². The number of hydrogen-bond acceptors (Lipinski definition) is 4. The summed E-state index contributed by atoms with van der Waals surface area (Å²) >= 11 is 0. The second-order valence-corrected chi connectivity index (χ2v) is 3.39. The average molecular weight is 224 g/mol. The molecule has 0 saturated heterocycles. The van der Waals surface area contributed by atoms with Crippen molar-refractivity contribution in [2.45, 2.75) is 18.9 Å². The summed E-state index contributed by atoms with van der Waals surface area (Å²) in [7, 11) is 0. The van der Waals surface area contributed by atoms with E-state index in [4.69, 9.17) is 5.73 Å². The van der Waals surface area contributed by atoms with Crippen LogP contribution in [-0.2, 0) is 10.4 Å². The highest BCUT2D eigenvalue weighted by atomic mass is 16.6. The van der Waals surface area contributed by atoms with Crippen molar-refractivity contribution in [3.63, 3.8) is 0 Å². The van der Waals surface area contributed by atoms with E-state index in [0.29, 0.717) is 0 Å². The highest BCUT2D eigenvalue weighted by molar-refractivity contribution is 5.84. The van der Waals surface area contributed by atoms with E-state index in [1.165, 1.54) is 18.2 Å². The maximum atomic E-state index is 11.1. The van der Waals surface area contributed by atoms with Crippen molar-refractivity contribution in [3.05, 3.63) is 39.9 Å². The fourth-order valence-corrected chi connectivity index (χ4v) is 1.40. The zero-order valence-electron chi connectivity index (χ0n) is 8.71. The molecule has 1 unspecified atom stereocenters. The Bertz CT molecular complexity index is 433. The first-order valence-electron chi connectivity index (χ1n) is 4.69. The monoisotopic (exact) mass is 224 g/mol. The van der Waals surface area contributed by atoms with Gasteiger partial charge in [-0.15, -0.1) is 0 Å². The summed E-state index contributed by atoms with van der Waals surface area (Å²) in [4.78, 5) is 21.1. The van der Waals surface area contributed by atoms with Crippen LogP contribution < -0.4 is 5.73 Å². The predicted molar refractivity (Wildman–Crippen MR) is 56.5 cm³/mol. The first kappa shape index (κ1) is 12.1. The second kappa shape index (κ2) is 4.28. The Balaban J connectivity index is 3.26. The van der Waals surface area contributed by atoms with E-state index in [0.717, 1.165) is 6.07 Å². The topological polar surface area (TPSA) is 106 Å². The molecule has 1 amide bonds. The number of rotatable bonds is 4. The normalized spacial score (nSPS) is 14.1. The number of non-ortho nitro benzene ring substituents is 1. The van der Waals surface area contributed by atoms with Gasteiger partial charge in [0, 0.05) is 12.1 Å². The van der Waals surface area contributed by atoms with Gasteiger partial charge in [0.1, 0.15) is 0 Å². The lowest BCUT2D eigenvalue weighted by atomic mass is 9.90. The first-order chi connectivity index (χ1) is 7.41. The molecule has 86 valence electrons. The van der Waals surface area contributed by atoms with Crippen LogP contribution in [0.1, 0.15) is 18.9 Å². The number of benzene rings is 1. The Labute approximate surface area is 91.8 Å². The van der Waals surface area contributed by atoms with Gasteiger partial charge in [-0.1, -0.05) is 19.1 Å². The van der Waals surface area contributed by atoms with E-state index < -0.39 is 16.4 Å². The lowest BCUT2D eigenvalue weighted by Crippen LogP contribution is -2.40. The minimum atomic E-state index is -1.86.